The Morgan fingerprint density at radius 2 is 2.27 bits per heavy atom. The molecule has 80 valence electrons. The van der Waals surface area contributed by atoms with Crippen molar-refractivity contribution in [2.24, 2.45) is 5.84 Å². The van der Waals surface area contributed by atoms with Crippen LogP contribution in [-0.2, 0) is 5.75 Å². The summed E-state index contributed by atoms with van der Waals surface area (Å²) in [5, 5.41) is 13.7. The van der Waals surface area contributed by atoms with Crippen LogP contribution in [0.1, 0.15) is 10.7 Å². The summed E-state index contributed by atoms with van der Waals surface area (Å²) in [6.07, 6.45) is 0. The maximum atomic E-state index is 5.31. The van der Waals surface area contributed by atoms with Gasteiger partial charge in [-0.2, -0.15) is 0 Å². The van der Waals surface area contributed by atoms with Gasteiger partial charge in [0.05, 0.1) is 0 Å². The van der Waals surface area contributed by atoms with Gasteiger partial charge in [-0.25, -0.2) is 5.84 Å². The number of anilines is 1. The lowest BCUT2D eigenvalue weighted by Gasteiger charge is -1.96. The van der Waals surface area contributed by atoms with Crippen molar-refractivity contribution in [2.45, 2.75) is 17.0 Å². The van der Waals surface area contributed by atoms with Gasteiger partial charge in [0.15, 0.2) is 4.34 Å². The predicted molar refractivity (Wildman–Crippen MR) is 61.9 cm³/mol. The summed E-state index contributed by atoms with van der Waals surface area (Å²) in [7, 11) is 0. The second-order valence-electron chi connectivity index (χ2n) is 2.57. The topological polar surface area (TPSA) is 89.6 Å². The van der Waals surface area contributed by atoms with Gasteiger partial charge in [0.2, 0.25) is 0 Å². The van der Waals surface area contributed by atoms with E-state index in [0.29, 0.717) is 5.75 Å². The Kier molecular flexibility index (Phi) is 3.46. The van der Waals surface area contributed by atoms with Crippen molar-refractivity contribution in [3.63, 3.8) is 0 Å². The highest BCUT2D eigenvalue weighted by Gasteiger charge is 2.08. The standard InChI is InChI=1S/C6H8N6S3/c1-3-9-11-6(14-3)13-2-4-5(8-7)15-12-10-4/h8H,2,7H2,1H3. The number of nitrogens with zero attached hydrogens (tertiary/aromatic N) is 4. The zero-order valence-electron chi connectivity index (χ0n) is 7.80. The third kappa shape index (κ3) is 2.62. The quantitative estimate of drug-likeness (QED) is 0.486. The molecule has 0 aromatic carbocycles. The minimum atomic E-state index is 0.699. The van der Waals surface area contributed by atoms with Gasteiger partial charge in [-0.1, -0.05) is 27.6 Å². The average Bonchev–Trinajstić information content (AvgIpc) is 2.83. The molecule has 3 N–H and O–H groups in total. The fourth-order valence-corrected chi connectivity index (χ4v) is 3.21. The Hall–Kier alpha value is -0.770. The first-order valence-electron chi connectivity index (χ1n) is 4.00. The number of nitrogen functional groups attached to an aromatic ring is 1. The molecule has 0 bridgehead atoms. The van der Waals surface area contributed by atoms with E-state index in [2.05, 4.69) is 25.2 Å². The van der Waals surface area contributed by atoms with Crippen LogP contribution >= 0.6 is 34.6 Å². The molecule has 0 aliphatic carbocycles. The van der Waals surface area contributed by atoms with Crippen molar-refractivity contribution in [1.82, 2.24) is 19.8 Å². The molecule has 2 rings (SSSR count). The molecule has 2 aromatic heterocycles. The van der Waals surface area contributed by atoms with Gasteiger partial charge >= 0.3 is 0 Å². The number of hydrazine groups is 1. The third-order valence-electron chi connectivity index (χ3n) is 1.53. The minimum Gasteiger partial charge on any atom is -0.313 e. The molecule has 2 heterocycles. The SMILES string of the molecule is Cc1nnc(SCc2nnsc2NN)s1. The van der Waals surface area contributed by atoms with Crippen LogP contribution in [-0.4, -0.2) is 19.8 Å². The molecule has 0 spiro atoms. The maximum Gasteiger partial charge on any atom is 0.174 e. The Bertz CT molecular complexity index is 438. The van der Waals surface area contributed by atoms with Gasteiger partial charge in [-0.3, -0.25) is 0 Å². The number of hydrogen-bond donors (Lipinski definition) is 2. The molecule has 0 unspecified atom stereocenters. The summed E-state index contributed by atoms with van der Waals surface area (Å²) in [5.74, 6) is 6.01. The van der Waals surface area contributed by atoms with Crippen LogP contribution in [0, 0.1) is 6.92 Å². The molecule has 0 saturated carbocycles. The van der Waals surface area contributed by atoms with Crippen molar-refractivity contribution in [2.75, 3.05) is 5.43 Å². The normalized spacial score (nSPS) is 10.5. The largest absolute Gasteiger partial charge is 0.313 e. The Balaban J connectivity index is 1.98. The van der Waals surface area contributed by atoms with E-state index in [-0.39, 0.29) is 0 Å². The monoisotopic (exact) mass is 260 g/mol. The van der Waals surface area contributed by atoms with Crippen LogP contribution in [0.15, 0.2) is 4.34 Å². The first kappa shape index (κ1) is 10.7. The van der Waals surface area contributed by atoms with Crippen LogP contribution in [0.25, 0.3) is 0 Å². The lowest BCUT2D eigenvalue weighted by molar-refractivity contribution is 0.982. The minimum absolute atomic E-state index is 0.699. The van der Waals surface area contributed by atoms with Gasteiger partial charge in [0, 0.05) is 17.3 Å². The van der Waals surface area contributed by atoms with Gasteiger partial charge < -0.3 is 5.43 Å². The van der Waals surface area contributed by atoms with Crippen molar-refractivity contribution < 1.29 is 0 Å². The van der Waals surface area contributed by atoms with Crippen LogP contribution in [0.3, 0.4) is 0 Å². The van der Waals surface area contributed by atoms with E-state index in [1.54, 1.807) is 23.1 Å². The van der Waals surface area contributed by atoms with E-state index in [1.807, 2.05) is 6.92 Å². The molecule has 0 fully saturated rings. The van der Waals surface area contributed by atoms with Crippen molar-refractivity contribution >= 4 is 39.6 Å². The number of thioether (sulfide) groups is 1. The lowest BCUT2D eigenvalue weighted by Crippen LogP contribution is -2.06. The maximum absolute atomic E-state index is 5.31. The Morgan fingerprint density at radius 3 is 2.93 bits per heavy atom. The fourth-order valence-electron chi connectivity index (χ4n) is 0.880. The van der Waals surface area contributed by atoms with Crippen LogP contribution in [0.5, 0.6) is 0 Å². The van der Waals surface area contributed by atoms with Gasteiger partial charge in [-0.15, -0.1) is 15.3 Å². The first-order valence-corrected chi connectivity index (χ1v) is 6.58. The van der Waals surface area contributed by atoms with Gasteiger partial charge in [-0.05, 0) is 6.92 Å². The van der Waals surface area contributed by atoms with Crippen LogP contribution < -0.4 is 11.3 Å². The molecule has 15 heavy (non-hydrogen) atoms. The zero-order chi connectivity index (χ0) is 10.7. The molecule has 2 aromatic rings. The van der Waals surface area contributed by atoms with E-state index in [0.717, 1.165) is 20.0 Å². The summed E-state index contributed by atoms with van der Waals surface area (Å²) in [6, 6.07) is 0. The van der Waals surface area contributed by atoms with E-state index in [4.69, 9.17) is 5.84 Å². The number of aryl methyl sites for hydroxylation is 1. The number of nitrogens with two attached hydrogens (primary N) is 1. The third-order valence-corrected chi connectivity index (χ3v) is 4.21. The molecule has 0 atom stereocenters. The number of hydrogen-bond acceptors (Lipinski definition) is 9. The summed E-state index contributed by atoms with van der Waals surface area (Å²) in [6.45, 7) is 1.93. The number of rotatable bonds is 4. The van der Waals surface area contributed by atoms with Crippen molar-refractivity contribution in [3.8, 4) is 0 Å². The Labute approximate surface area is 98.4 Å². The molecule has 0 aliphatic rings. The molecule has 9 heteroatoms. The molecule has 0 radical (unpaired) electrons. The second-order valence-corrected chi connectivity index (χ2v) is 5.73. The summed E-state index contributed by atoms with van der Waals surface area (Å²) >= 11 is 4.40. The average molecular weight is 260 g/mol. The highest BCUT2D eigenvalue weighted by atomic mass is 32.2. The predicted octanol–water partition coefficient (Wildman–Crippen LogP) is 1.28. The molecule has 6 nitrogen and oxygen atoms in total. The van der Waals surface area contributed by atoms with Crippen molar-refractivity contribution in [1.29, 1.82) is 0 Å². The smallest absolute Gasteiger partial charge is 0.174 e. The van der Waals surface area contributed by atoms with E-state index < -0.39 is 0 Å². The van der Waals surface area contributed by atoms with Crippen molar-refractivity contribution in [3.05, 3.63) is 10.7 Å². The number of aromatic nitrogens is 4. The zero-order valence-corrected chi connectivity index (χ0v) is 10.2. The highest BCUT2D eigenvalue weighted by molar-refractivity contribution is 8.00. The van der Waals surface area contributed by atoms with Crippen LogP contribution in [0.4, 0.5) is 5.00 Å². The molecule has 0 amide bonds. The molecular formula is C6H8N6S3. The number of nitrogens with one attached hydrogen (secondary N) is 1. The highest BCUT2D eigenvalue weighted by Crippen LogP contribution is 2.28. The van der Waals surface area contributed by atoms with Gasteiger partial charge in [0.25, 0.3) is 0 Å². The fraction of sp³-hybridized carbons (Fsp3) is 0.333. The molecule has 0 aliphatic heterocycles. The van der Waals surface area contributed by atoms with E-state index in [1.165, 1.54) is 11.5 Å². The second kappa shape index (κ2) is 4.84. The molecular weight excluding hydrogens is 252 g/mol. The van der Waals surface area contributed by atoms with Crippen LogP contribution in [0.2, 0.25) is 0 Å². The van der Waals surface area contributed by atoms with E-state index >= 15 is 0 Å². The van der Waals surface area contributed by atoms with Gasteiger partial charge in [0.1, 0.15) is 15.7 Å². The lowest BCUT2D eigenvalue weighted by atomic mass is 10.5. The first-order chi connectivity index (χ1) is 7.29. The summed E-state index contributed by atoms with van der Waals surface area (Å²) in [4.78, 5) is 0. The van der Waals surface area contributed by atoms with E-state index in [9.17, 15) is 0 Å². The summed E-state index contributed by atoms with van der Waals surface area (Å²) in [5.41, 5.74) is 3.41. The Morgan fingerprint density at radius 1 is 1.40 bits per heavy atom. The summed E-state index contributed by atoms with van der Waals surface area (Å²) < 4.78 is 4.75. The molecule has 0 saturated heterocycles.